The van der Waals surface area contributed by atoms with Gasteiger partial charge in [-0.25, -0.2) is 0 Å². The van der Waals surface area contributed by atoms with Crippen LogP contribution >= 0.6 is 0 Å². The van der Waals surface area contributed by atoms with Crippen LogP contribution in [-0.2, 0) is 6.18 Å². The first-order valence-corrected chi connectivity index (χ1v) is 25.6. The summed E-state index contributed by atoms with van der Waals surface area (Å²) in [7, 11) is 0. The van der Waals surface area contributed by atoms with Crippen molar-refractivity contribution in [1.29, 1.82) is 47.4 Å². The quantitative estimate of drug-likeness (QED) is 0.148. The molecule has 0 atom stereocenters. The molecule has 0 aliphatic heterocycles. The van der Waals surface area contributed by atoms with Gasteiger partial charge in [0.15, 0.2) is 0 Å². The monoisotopic (exact) mass is 1080 g/mol. The highest BCUT2D eigenvalue weighted by atomic mass is 19.4. The fourth-order valence-electron chi connectivity index (χ4n) is 11.3. The SMILES string of the molecule is N#Cc1ccc(-c2ccc3c4ccc(-c5ccc(C#N)cc5C#N)cc4n(-c4cc(C#N)cc(-n5c6cc(-c7ccc(C#N)cc7C#N)ccc6c6ccc(-c7ccc(C#N)cc7C#N)cc65)c4-c4ccccc4C(F)(F)F)c3c2)c(C#N)c1. The summed E-state index contributed by atoms with van der Waals surface area (Å²) in [6.45, 7) is 0. The molecule has 2 aromatic heterocycles. The van der Waals surface area contributed by atoms with Gasteiger partial charge < -0.3 is 9.13 Å². The van der Waals surface area contributed by atoms with Crippen LogP contribution in [0.3, 0.4) is 0 Å². The van der Waals surface area contributed by atoms with E-state index in [-0.39, 0.29) is 72.6 Å². The van der Waals surface area contributed by atoms with Crippen LogP contribution in [0.1, 0.15) is 55.6 Å². The number of hydrogen-bond acceptors (Lipinski definition) is 9. The van der Waals surface area contributed by atoms with Crippen LogP contribution in [-0.4, -0.2) is 9.13 Å². The van der Waals surface area contributed by atoms with E-state index in [1.807, 2.05) is 24.3 Å². The fraction of sp³-hybridized carbons (Fsp3) is 0.0143. The van der Waals surface area contributed by atoms with Gasteiger partial charge >= 0.3 is 6.18 Å². The van der Waals surface area contributed by atoms with Crippen molar-refractivity contribution >= 4 is 43.6 Å². The van der Waals surface area contributed by atoms with Crippen LogP contribution in [0.2, 0.25) is 0 Å². The average molecular weight is 1080 g/mol. The third-order valence-electron chi connectivity index (χ3n) is 15.1. The molecule has 0 spiro atoms. The minimum absolute atomic E-state index is 0.00508. The summed E-state index contributed by atoms with van der Waals surface area (Å²) in [6.07, 6.45) is -4.96. The Morgan fingerprint density at radius 1 is 0.286 bits per heavy atom. The lowest BCUT2D eigenvalue weighted by Crippen LogP contribution is -2.11. The van der Waals surface area contributed by atoms with E-state index in [2.05, 4.69) is 54.6 Å². The Morgan fingerprint density at radius 3 is 0.857 bits per heavy atom. The van der Waals surface area contributed by atoms with Gasteiger partial charge in [-0.1, -0.05) is 91.0 Å². The summed E-state index contributed by atoms with van der Waals surface area (Å²) in [5.41, 5.74) is 6.33. The number of nitrogens with zero attached hydrogens (tertiary/aromatic N) is 11. The van der Waals surface area contributed by atoms with Gasteiger partial charge in [0.1, 0.15) is 0 Å². The highest BCUT2D eigenvalue weighted by Gasteiger charge is 2.36. The number of benzene rings is 10. The zero-order chi connectivity index (χ0) is 58.6. The molecule has 0 aliphatic carbocycles. The number of alkyl halides is 3. The lowest BCUT2D eigenvalue weighted by Gasteiger charge is -2.23. The topological polar surface area (TPSA) is 224 Å². The Labute approximate surface area is 476 Å². The lowest BCUT2D eigenvalue weighted by atomic mass is 9.93. The molecule has 0 unspecified atom stereocenters. The zero-order valence-electron chi connectivity index (χ0n) is 43.4. The molecule has 386 valence electrons. The van der Waals surface area contributed by atoms with Crippen molar-refractivity contribution in [2.75, 3.05) is 0 Å². The van der Waals surface area contributed by atoms with Crippen molar-refractivity contribution in [3.63, 3.8) is 0 Å². The second kappa shape index (κ2) is 20.3. The summed E-state index contributed by atoms with van der Waals surface area (Å²) in [4.78, 5) is 0. The van der Waals surface area contributed by atoms with E-state index in [4.69, 9.17) is 0 Å². The molecule has 84 heavy (non-hydrogen) atoms. The molecule has 0 N–H and O–H groups in total. The van der Waals surface area contributed by atoms with Gasteiger partial charge in [0.2, 0.25) is 0 Å². The minimum Gasteiger partial charge on any atom is -0.308 e. The number of rotatable bonds is 7. The first-order chi connectivity index (χ1) is 40.8. The van der Waals surface area contributed by atoms with E-state index in [1.54, 1.807) is 106 Å². The third kappa shape index (κ3) is 8.48. The Morgan fingerprint density at radius 2 is 0.583 bits per heavy atom. The molecule has 0 saturated carbocycles. The number of fused-ring (bicyclic) bond motifs is 6. The molecule has 0 saturated heterocycles. The second-order valence-corrected chi connectivity index (χ2v) is 19.6. The van der Waals surface area contributed by atoms with E-state index in [0.717, 1.165) is 6.07 Å². The maximum absolute atomic E-state index is 16.1. The molecule has 2 heterocycles. The van der Waals surface area contributed by atoms with Gasteiger partial charge in [-0.15, -0.1) is 0 Å². The van der Waals surface area contributed by atoms with Crippen LogP contribution < -0.4 is 0 Å². The van der Waals surface area contributed by atoms with Gasteiger partial charge in [-0.3, -0.25) is 0 Å². The van der Waals surface area contributed by atoms with Crippen molar-refractivity contribution in [3.05, 3.63) is 238 Å². The predicted octanol–water partition coefficient (Wildman–Crippen LogP) is 16.1. The third-order valence-corrected chi connectivity index (χ3v) is 15.1. The van der Waals surface area contributed by atoms with Crippen LogP contribution in [0.5, 0.6) is 0 Å². The summed E-state index contributed by atoms with van der Waals surface area (Å²) in [5.74, 6) is 0. The minimum atomic E-state index is -4.96. The summed E-state index contributed by atoms with van der Waals surface area (Å²) < 4.78 is 51.7. The summed E-state index contributed by atoms with van der Waals surface area (Å²) in [5, 5.41) is 94.6. The maximum Gasteiger partial charge on any atom is 0.417 e. The molecule has 0 bridgehead atoms. The number of halogens is 3. The highest BCUT2D eigenvalue weighted by Crippen LogP contribution is 2.48. The summed E-state index contributed by atoms with van der Waals surface area (Å²) in [6, 6.07) is 68.0. The van der Waals surface area contributed by atoms with Crippen molar-refractivity contribution in [2.24, 2.45) is 0 Å². The van der Waals surface area contributed by atoms with Crippen molar-refractivity contribution in [2.45, 2.75) is 6.18 Å². The molecule has 12 aromatic rings. The van der Waals surface area contributed by atoms with Crippen LogP contribution in [0.15, 0.2) is 182 Å². The van der Waals surface area contributed by atoms with Crippen molar-refractivity contribution in [1.82, 2.24) is 9.13 Å². The smallest absolute Gasteiger partial charge is 0.308 e. The Balaban J connectivity index is 1.29. The first-order valence-electron chi connectivity index (χ1n) is 25.6. The Kier molecular flexibility index (Phi) is 12.5. The van der Waals surface area contributed by atoms with Gasteiger partial charge in [0.05, 0.1) is 144 Å². The first kappa shape index (κ1) is 51.7. The standard InChI is InChI=1S/C70H30F3N11/c71-70(72,73)62-4-2-1-3-61(62)69-67(83-63-27-45(53-13-5-40(31-74)21-49(53)36-79)9-17-57(63)58-18-10-46(28-64(58)83)54-14-6-41(32-75)22-50(54)37-80)25-44(35-78)26-68(69)84-65-29-47(55-15-7-42(33-76)23-51(55)38-81)11-19-59(65)60-20-12-48(30-66(60)84)56-16-8-43(34-77)24-52(56)39-82/h1-30H. The molecule has 0 fully saturated rings. The van der Waals surface area contributed by atoms with Crippen LogP contribution in [0, 0.1) is 102 Å². The van der Waals surface area contributed by atoms with Crippen LogP contribution in [0.4, 0.5) is 13.2 Å². The molecular formula is C70H30F3N11. The molecule has 0 radical (unpaired) electrons. The number of nitriles is 9. The number of aromatic nitrogens is 2. The maximum atomic E-state index is 16.1. The van der Waals surface area contributed by atoms with E-state index in [0.29, 0.717) is 88.1 Å². The van der Waals surface area contributed by atoms with E-state index in [1.165, 1.54) is 54.6 Å². The molecule has 0 amide bonds. The second-order valence-electron chi connectivity index (χ2n) is 19.6. The Bertz CT molecular complexity index is 4760. The molecule has 12 rings (SSSR count). The van der Waals surface area contributed by atoms with Crippen molar-refractivity contribution in [3.8, 4) is 122 Å². The fourth-order valence-corrected chi connectivity index (χ4v) is 11.3. The van der Waals surface area contributed by atoms with Gasteiger partial charge in [-0.05, 0) is 141 Å². The average Bonchev–Trinajstić information content (AvgIpc) is 2.12. The van der Waals surface area contributed by atoms with E-state index < -0.39 is 11.7 Å². The number of hydrogen-bond donors (Lipinski definition) is 0. The lowest BCUT2D eigenvalue weighted by molar-refractivity contribution is -0.137. The predicted molar refractivity (Wildman–Crippen MR) is 310 cm³/mol. The van der Waals surface area contributed by atoms with Gasteiger partial charge in [0.25, 0.3) is 0 Å². The highest BCUT2D eigenvalue weighted by molar-refractivity contribution is 6.14. The normalized spacial score (nSPS) is 10.9. The summed E-state index contributed by atoms with van der Waals surface area (Å²) >= 11 is 0. The van der Waals surface area contributed by atoms with E-state index >= 15 is 13.2 Å². The van der Waals surface area contributed by atoms with Crippen molar-refractivity contribution < 1.29 is 13.2 Å². The molecule has 10 aromatic carbocycles. The molecule has 0 aliphatic rings. The van der Waals surface area contributed by atoms with Gasteiger partial charge in [-0.2, -0.15) is 60.5 Å². The molecule has 14 heteroatoms. The largest absolute Gasteiger partial charge is 0.417 e. The molecule has 11 nitrogen and oxygen atoms in total. The van der Waals surface area contributed by atoms with E-state index in [9.17, 15) is 47.4 Å². The Hall–Kier alpha value is -13.0. The van der Waals surface area contributed by atoms with Gasteiger partial charge in [0, 0.05) is 27.1 Å². The van der Waals surface area contributed by atoms with Crippen LogP contribution in [0.25, 0.3) is 111 Å². The molecular weight excluding hydrogens is 1050 g/mol. The zero-order valence-corrected chi connectivity index (χ0v) is 43.4.